The van der Waals surface area contributed by atoms with Crippen molar-refractivity contribution in [1.82, 2.24) is 0 Å². The molecule has 14 heavy (non-hydrogen) atoms. The van der Waals surface area contributed by atoms with Crippen LogP contribution in [0.4, 0.5) is 5.69 Å². The van der Waals surface area contributed by atoms with Crippen LogP contribution in [-0.2, 0) is 4.74 Å². The van der Waals surface area contributed by atoms with Gasteiger partial charge in [-0.1, -0.05) is 18.2 Å². The lowest BCUT2D eigenvalue weighted by Crippen LogP contribution is -2.36. The summed E-state index contributed by atoms with van der Waals surface area (Å²) in [5.41, 5.74) is 1.31. The molecule has 0 bridgehead atoms. The highest BCUT2D eigenvalue weighted by Crippen LogP contribution is 2.20. The van der Waals surface area contributed by atoms with Crippen LogP contribution in [0.1, 0.15) is 12.8 Å². The molecule has 1 aromatic carbocycles. The van der Waals surface area contributed by atoms with Gasteiger partial charge in [0.05, 0.1) is 0 Å². The summed E-state index contributed by atoms with van der Waals surface area (Å²) in [5.74, 6) is 0. The molecule has 76 valence electrons. The first-order chi connectivity index (χ1) is 6.88. The van der Waals surface area contributed by atoms with Gasteiger partial charge >= 0.3 is 0 Å². The first kappa shape index (κ1) is 9.53. The zero-order valence-electron chi connectivity index (χ0n) is 8.65. The van der Waals surface area contributed by atoms with Gasteiger partial charge in [0, 0.05) is 32.0 Å². The van der Waals surface area contributed by atoms with Crippen LogP contribution in [0.3, 0.4) is 0 Å². The van der Waals surface area contributed by atoms with Gasteiger partial charge in [0.15, 0.2) is 0 Å². The quantitative estimate of drug-likeness (QED) is 0.711. The Bertz CT molecular complexity index is 267. The van der Waals surface area contributed by atoms with Crippen LogP contribution in [0, 0.1) is 0 Å². The summed E-state index contributed by atoms with van der Waals surface area (Å²) in [4.78, 5) is 2.36. The van der Waals surface area contributed by atoms with Crippen molar-refractivity contribution in [3.63, 3.8) is 0 Å². The van der Waals surface area contributed by atoms with Crippen LogP contribution in [-0.4, -0.2) is 26.3 Å². The van der Waals surface area contributed by atoms with Gasteiger partial charge in [0.25, 0.3) is 0 Å². The van der Waals surface area contributed by atoms with Crippen LogP contribution >= 0.6 is 0 Å². The average Bonchev–Trinajstić information content (AvgIpc) is 2.30. The van der Waals surface area contributed by atoms with E-state index >= 15 is 0 Å². The third-order valence-corrected chi connectivity index (χ3v) is 2.90. The molecule has 0 aromatic heterocycles. The van der Waals surface area contributed by atoms with Crippen molar-refractivity contribution in [2.75, 3.05) is 25.2 Å². The third-order valence-electron chi connectivity index (χ3n) is 2.90. The highest BCUT2D eigenvalue weighted by atomic mass is 16.5. The molecule has 0 atom stereocenters. The number of para-hydroxylation sites is 1. The van der Waals surface area contributed by atoms with Gasteiger partial charge in [-0.2, -0.15) is 0 Å². The number of hydrogen-bond acceptors (Lipinski definition) is 2. The number of hydrogen-bond donors (Lipinski definition) is 0. The normalized spacial score (nSPS) is 18.1. The van der Waals surface area contributed by atoms with E-state index in [2.05, 4.69) is 42.3 Å². The lowest BCUT2D eigenvalue weighted by molar-refractivity contribution is 0.0855. The average molecular weight is 191 g/mol. The maximum absolute atomic E-state index is 5.36. The monoisotopic (exact) mass is 191 g/mol. The van der Waals surface area contributed by atoms with Crippen molar-refractivity contribution in [2.45, 2.75) is 18.9 Å². The second-order valence-electron chi connectivity index (χ2n) is 3.79. The Morgan fingerprint density at radius 3 is 2.43 bits per heavy atom. The fourth-order valence-electron chi connectivity index (χ4n) is 1.95. The Balaban J connectivity index is 2.03. The number of anilines is 1. The van der Waals surface area contributed by atoms with Crippen LogP contribution in [0.15, 0.2) is 30.3 Å². The molecule has 1 aromatic rings. The standard InChI is InChI=1S/C12H17NO/c1-13(11-5-3-2-4-6-11)12-7-9-14-10-8-12/h2-6,12H,7-10H2,1H3. The molecular weight excluding hydrogens is 174 g/mol. The molecule has 0 aliphatic carbocycles. The molecule has 1 aliphatic rings. The van der Waals surface area contributed by atoms with Crippen LogP contribution in [0.5, 0.6) is 0 Å². The van der Waals surface area contributed by atoms with E-state index in [1.807, 2.05) is 0 Å². The number of nitrogens with zero attached hydrogens (tertiary/aromatic N) is 1. The molecule has 2 rings (SSSR count). The minimum absolute atomic E-state index is 0.645. The summed E-state index contributed by atoms with van der Waals surface area (Å²) < 4.78 is 5.36. The Kier molecular flexibility index (Phi) is 3.04. The minimum atomic E-state index is 0.645. The molecule has 2 heteroatoms. The molecule has 1 fully saturated rings. The summed E-state index contributed by atoms with van der Waals surface area (Å²) in [6.07, 6.45) is 2.29. The predicted molar refractivity (Wildman–Crippen MR) is 58.7 cm³/mol. The van der Waals surface area contributed by atoms with E-state index in [1.54, 1.807) is 0 Å². The van der Waals surface area contributed by atoms with Crippen molar-refractivity contribution < 1.29 is 4.74 Å². The predicted octanol–water partition coefficient (Wildman–Crippen LogP) is 2.30. The third kappa shape index (κ3) is 2.07. The second-order valence-corrected chi connectivity index (χ2v) is 3.79. The molecule has 1 heterocycles. The van der Waals surface area contributed by atoms with Gasteiger partial charge in [-0.3, -0.25) is 0 Å². The Morgan fingerprint density at radius 1 is 1.14 bits per heavy atom. The van der Waals surface area contributed by atoms with Crippen molar-refractivity contribution in [1.29, 1.82) is 0 Å². The van der Waals surface area contributed by atoms with E-state index in [4.69, 9.17) is 4.74 Å². The fraction of sp³-hybridized carbons (Fsp3) is 0.500. The summed E-state index contributed by atoms with van der Waals surface area (Å²) in [7, 11) is 2.17. The number of benzene rings is 1. The highest BCUT2D eigenvalue weighted by molar-refractivity contribution is 5.46. The fourth-order valence-corrected chi connectivity index (χ4v) is 1.95. The van der Waals surface area contributed by atoms with Crippen LogP contribution in [0.2, 0.25) is 0 Å². The van der Waals surface area contributed by atoms with E-state index in [0.717, 1.165) is 26.1 Å². The summed E-state index contributed by atoms with van der Waals surface area (Å²) in [6.45, 7) is 1.81. The van der Waals surface area contributed by atoms with Crippen molar-refractivity contribution >= 4 is 5.69 Å². The maximum atomic E-state index is 5.36. The Labute approximate surface area is 85.5 Å². The number of ether oxygens (including phenoxy) is 1. The first-order valence-electron chi connectivity index (χ1n) is 5.23. The highest BCUT2D eigenvalue weighted by Gasteiger charge is 2.18. The maximum Gasteiger partial charge on any atom is 0.0485 e. The number of rotatable bonds is 2. The van der Waals surface area contributed by atoms with Crippen molar-refractivity contribution in [3.8, 4) is 0 Å². The van der Waals surface area contributed by atoms with Crippen molar-refractivity contribution in [3.05, 3.63) is 30.3 Å². The molecule has 0 amide bonds. The summed E-state index contributed by atoms with van der Waals surface area (Å²) in [5, 5.41) is 0. The SMILES string of the molecule is CN(c1ccccc1)C1CCOCC1. The van der Waals surface area contributed by atoms with Crippen molar-refractivity contribution in [2.24, 2.45) is 0 Å². The topological polar surface area (TPSA) is 12.5 Å². The molecule has 2 nitrogen and oxygen atoms in total. The van der Waals surface area contributed by atoms with Gasteiger partial charge in [-0.15, -0.1) is 0 Å². The van der Waals surface area contributed by atoms with E-state index in [1.165, 1.54) is 5.69 Å². The van der Waals surface area contributed by atoms with Gasteiger partial charge in [0.1, 0.15) is 0 Å². The Hall–Kier alpha value is -1.02. The molecular formula is C12H17NO. The largest absolute Gasteiger partial charge is 0.381 e. The first-order valence-corrected chi connectivity index (χ1v) is 5.23. The Morgan fingerprint density at radius 2 is 1.79 bits per heavy atom. The van der Waals surface area contributed by atoms with E-state index in [0.29, 0.717) is 6.04 Å². The molecule has 0 spiro atoms. The lowest BCUT2D eigenvalue weighted by Gasteiger charge is -2.32. The summed E-state index contributed by atoms with van der Waals surface area (Å²) in [6, 6.07) is 11.2. The van der Waals surface area contributed by atoms with Crippen LogP contribution in [0.25, 0.3) is 0 Å². The smallest absolute Gasteiger partial charge is 0.0485 e. The van der Waals surface area contributed by atoms with Gasteiger partial charge < -0.3 is 9.64 Å². The molecule has 1 saturated heterocycles. The second kappa shape index (κ2) is 4.47. The van der Waals surface area contributed by atoms with E-state index in [9.17, 15) is 0 Å². The van der Waals surface area contributed by atoms with E-state index < -0.39 is 0 Å². The minimum Gasteiger partial charge on any atom is -0.381 e. The molecule has 0 unspecified atom stereocenters. The molecule has 0 N–H and O–H groups in total. The van der Waals surface area contributed by atoms with Gasteiger partial charge in [0.2, 0.25) is 0 Å². The molecule has 0 saturated carbocycles. The summed E-state index contributed by atoms with van der Waals surface area (Å²) >= 11 is 0. The van der Waals surface area contributed by atoms with Gasteiger partial charge in [-0.05, 0) is 25.0 Å². The van der Waals surface area contributed by atoms with Gasteiger partial charge in [-0.25, -0.2) is 0 Å². The molecule has 0 radical (unpaired) electrons. The van der Waals surface area contributed by atoms with Crippen LogP contribution < -0.4 is 4.90 Å². The zero-order valence-corrected chi connectivity index (χ0v) is 8.65. The van der Waals surface area contributed by atoms with E-state index in [-0.39, 0.29) is 0 Å². The lowest BCUT2D eigenvalue weighted by atomic mass is 10.1. The zero-order chi connectivity index (χ0) is 9.80. The molecule has 1 aliphatic heterocycles.